The normalized spacial score (nSPS) is 22.4. The van der Waals surface area contributed by atoms with E-state index in [1.807, 2.05) is 4.90 Å². The van der Waals surface area contributed by atoms with Crippen molar-refractivity contribution >= 4 is 16.1 Å². The van der Waals surface area contributed by atoms with Crippen LogP contribution in [0.25, 0.3) is 0 Å². The minimum Gasteiger partial charge on any atom is -0.320 e. The predicted molar refractivity (Wildman–Crippen MR) is 90.4 cm³/mol. The first-order valence-corrected chi connectivity index (χ1v) is 10.2. The second kappa shape index (κ2) is 7.36. The molecule has 7 nitrogen and oxygen atoms in total. The van der Waals surface area contributed by atoms with Crippen molar-refractivity contribution in [3.63, 3.8) is 0 Å². The van der Waals surface area contributed by atoms with Gasteiger partial charge in [-0.15, -0.1) is 4.41 Å². The maximum Gasteiger partial charge on any atom is 0.335 e. The standard InChI is InChI=1S/C15H30N4O3S/c1-5-23(21,22)16(4)19-10-6-9-18(15(19)20)14-7-11-17(12-8-14)13(2)3/h13-14H,5-12H2,1-4H3. The fraction of sp³-hybridized carbons (Fsp3) is 0.933. The van der Waals surface area contributed by atoms with E-state index in [9.17, 15) is 13.2 Å². The molecule has 2 aliphatic rings. The molecule has 2 heterocycles. The molecule has 0 aromatic carbocycles. The summed E-state index contributed by atoms with van der Waals surface area (Å²) in [5.41, 5.74) is 0. The molecule has 23 heavy (non-hydrogen) atoms. The van der Waals surface area contributed by atoms with Crippen LogP contribution in [0.1, 0.15) is 40.0 Å². The maximum atomic E-state index is 12.8. The van der Waals surface area contributed by atoms with E-state index in [1.165, 1.54) is 12.1 Å². The Morgan fingerprint density at radius 2 is 1.78 bits per heavy atom. The van der Waals surface area contributed by atoms with E-state index in [4.69, 9.17) is 0 Å². The Kier molecular flexibility index (Phi) is 5.91. The minimum absolute atomic E-state index is 0.0000565. The summed E-state index contributed by atoms with van der Waals surface area (Å²) in [5.74, 6) is 0.0000565. The van der Waals surface area contributed by atoms with Crippen LogP contribution < -0.4 is 0 Å². The number of carbonyl (C=O) groups excluding carboxylic acids is 1. The smallest absolute Gasteiger partial charge is 0.320 e. The Labute approximate surface area is 140 Å². The van der Waals surface area contributed by atoms with Crippen LogP contribution in [0.4, 0.5) is 4.79 Å². The van der Waals surface area contributed by atoms with Gasteiger partial charge >= 0.3 is 6.03 Å². The zero-order valence-corrected chi connectivity index (χ0v) is 15.5. The average molecular weight is 346 g/mol. The molecule has 0 unspecified atom stereocenters. The van der Waals surface area contributed by atoms with Crippen molar-refractivity contribution in [1.29, 1.82) is 0 Å². The van der Waals surface area contributed by atoms with Crippen LogP contribution in [-0.2, 0) is 10.0 Å². The number of rotatable bonds is 5. The number of piperidine rings is 1. The van der Waals surface area contributed by atoms with Gasteiger partial charge in [-0.1, -0.05) is 0 Å². The summed E-state index contributed by atoms with van der Waals surface area (Å²) in [6.45, 7) is 9.17. The number of urea groups is 1. The highest BCUT2D eigenvalue weighted by atomic mass is 32.2. The molecule has 0 atom stereocenters. The quantitative estimate of drug-likeness (QED) is 0.750. The summed E-state index contributed by atoms with van der Waals surface area (Å²) in [4.78, 5) is 17.1. The van der Waals surface area contributed by atoms with Gasteiger partial charge in [0.15, 0.2) is 0 Å². The average Bonchev–Trinajstić information content (AvgIpc) is 2.54. The summed E-state index contributed by atoms with van der Waals surface area (Å²) < 4.78 is 25.2. The van der Waals surface area contributed by atoms with E-state index in [-0.39, 0.29) is 17.8 Å². The highest BCUT2D eigenvalue weighted by molar-refractivity contribution is 7.88. The Hall–Kier alpha value is -0.860. The third-order valence-electron chi connectivity index (χ3n) is 5.01. The molecule has 2 rings (SSSR count). The van der Waals surface area contributed by atoms with Gasteiger partial charge in [0, 0.05) is 45.3 Å². The molecule has 0 aliphatic carbocycles. The van der Waals surface area contributed by atoms with Crippen molar-refractivity contribution < 1.29 is 13.2 Å². The summed E-state index contributed by atoms with van der Waals surface area (Å²) in [6, 6.07) is 0.585. The Morgan fingerprint density at radius 3 is 2.30 bits per heavy atom. The fourth-order valence-corrected chi connectivity index (χ4v) is 4.21. The molecule has 8 heteroatoms. The number of hydrogen-bond acceptors (Lipinski definition) is 4. The molecule has 2 amide bonds. The van der Waals surface area contributed by atoms with Gasteiger partial charge in [-0.05, 0) is 40.0 Å². The van der Waals surface area contributed by atoms with Crippen LogP contribution in [0.2, 0.25) is 0 Å². The lowest BCUT2D eigenvalue weighted by Gasteiger charge is -2.45. The van der Waals surface area contributed by atoms with Crippen LogP contribution in [0.3, 0.4) is 0 Å². The molecule has 2 saturated heterocycles. The lowest BCUT2D eigenvalue weighted by Crippen LogP contribution is -2.60. The van der Waals surface area contributed by atoms with Crippen molar-refractivity contribution in [3.05, 3.63) is 0 Å². The van der Waals surface area contributed by atoms with E-state index in [0.29, 0.717) is 12.6 Å². The van der Waals surface area contributed by atoms with E-state index in [2.05, 4.69) is 18.7 Å². The van der Waals surface area contributed by atoms with Gasteiger partial charge in [0.1, 0.15) is 0 Å². The third-order valence-corrected chi connectivity index (χ3v) is 6.74. The second-order valence-electron chi connectivity index (χ2n) is 6.65. The second-order valence-corrected chi connectivity index (χ2v) is 8.92. The van der Waals surface area contributed by atoms with Gasteiger partial charge in [-0.3, -0.25) is 0 Å². The summed E-state index contributed by atoms with van der Waals surface area (Å²) in [6.07, 6.45) is 2.73. The highest BCUT2D eigenvalue weighted by Gasteiger charge is 2.37. The molecule has 0 aromatic heterocycles. The van der Waals surface area contributed by atoms with Crippen LogP contribution in [0, 0.1) is 0 Å². The number of hydrogen-bond donors (Lipinski definition) is 0. The molecular formula is C15H30N4O3S. The first kappa shape index (κ1) is 18.5. The molecule has 134 valence electrons. The SMILES string of the molecule is CCS(=O)(=O)N(C)N1CCCN(C2CCN(C(C)C)CC2)C1=O. The van der Waals surface area contributed by atoms with Crippen molar-refractivity contribution in [2.24, 2.45) is 0 Å². The number of sulfonamides is 1. The van der Waals surface area contributed by atoms with E-state index < -0.39 is 10.0 Å². The fourth-order valence-electron chi connectivity index (χ4n) is 3.38. The molecule has 0 saturated carbocycles. The Morgan fingerprint density at radius 1 is 1.17 bits per heavy atom. The molecule has 2 aliphatic heterocycles. The topological polar surface area (TPSA) is 64.2 Å². The van der Waals surface area contributed by atoms with E-state index in [1.54, 1.807) is 6.92 Å². The van der Waals surface area contributed by atoms with Crippen LogP contribution >= 0.6 is 0 Å². The lowest BCUT2D eigenvalue weighted by molar-refractivity contribution is 0.0268. The van der Waals surface area contributed by atoms with Crippen LogP contribution in [-0.4, -0.2) is 84.7 Å². The number of amides is 2. The van der Waals surface area contributed by atoms with Gasteiger partial charge < -0.3 is 9.80 Å². The monoisotopic (exact) mass is 346 g/mol. The van der Waals surface area contributed by atoms with E-state index >= 15 is 0 Å². The molecule has 0 spiro atoms. The summed E-state index contributed by atoms with van der Waals surface area (Å²) >= 11 is 0. The summed E-state index contributed by atoms with van der Waals surface area (Å²) in [7, 11) is -1.93. The predicted octanol–water partition coefficient (Wildman–Crippen LogP) is 1.18. The van der Waals surface area contributed by atoms with Crippen LogP contribution in [0.15, 0.2) is 0 Å². The maximum absolute atomic E-state index is 12.8. The van der Waals surface area contributed by atoms with Gasteiger partial charge in [0.2, 0.25) is 10.0 Å². The van der Waals surface area contributed by atoms with Gasteiger partial charge in [0.05, 0.1) is 5.75 Å². The van der Waals surface area contributed by atoms with Crippen molar-refractivity contribution in [1.82, 2.24) is 19.2 Å². The first-order chi connectivity index (χ1) is 10.8. The van der Waals surface area contributed by atoms with E-state index in [0.717, 1.165) is 43.3 Å². The number of carbonyl (C=O) groups is 1. The van der Waals surface area contributed by atoms with Crippen molar-refractivity contribution in [2.45, 2.75) is 52.1 Å². The third kappa shape index (κ3) is 3.97. The lowest BCUT2D eigenvalue weighted by atomic mass is 10.0. The molecule has 2 fully saturated rings. The van der Waals surface area contributed by atoms with Gasteiger partial charge in [-0.25, -0.2) is 18.2 Å². The molecular weight excluding hydrogens is 316 g/mol. The number of nitrogens with zero attached hydrogens (tertiary/aromatic N) is 4. The van der Waals surface area contributed by atoms with Gasteiger partial charge in [0.25, 0.3) is 0 Å². The molecule has 0 N–H and O–H groups in total. The molecule has 0 bridgehead atoms. The summed E-state index contributed by atoms with van der Waals surface area (Å²) in [5, 5.41) is 1.39. The van der Waals surface area contributed by atoms with Crippen LogP contribution in [0.5, 0.6) is 0 Å². The number of hydrazine groups is 1. The first-order valence-electron chi connectivity index (χ1n) is 8.56. The zero-order chi connectivity index (χ0) is 17.2. The molecule has 0 aromatic rings. The highest BCUT2D eigenvalue weighted by Crippen LogP contribution is 2.23. The van der Waals surface area contributed by atoms with Crippen molar-refractivity contribution in [3.8, 4) is 0 Å². The largest absolute Gasteiger partial charge is 0.335 e. The molecule has 0 radical (unpaired) electrons. The van der Waals surface area contributed by atoms with Gasteiger partial charge in [-0.2, -0.15) is 0 Å². The van der Waals surface area contributed by atoms with Crippen molar-refractivity contribution in [2.75, 3.05) is 39.0 Å². The number of likely N-dealkylation sites (tertiary alicyclic amines) is 1. The minimum atomic E-state index is -3.40. The Balaban J connectivity index is 2.03. The zero-order valence-electron chi connectivity index (χ0n) is 14.7. The Bertz CT molecular complexity index is 515.